The minimum Gasteiger partial charge on any atom is -0.463 e. The molecule has 0 bridgehead atoms. The summed E-state index contributed by atoms with van der Waals surface area (Å²) in [6.07, 6.45) is -6.29. The maximum Gasteiger partial charge on any atom is 0.408 e. The molecule has 0 spiro atoms. The van der Waals surface area contributed by atoms with Gasteiger partial charge in [0.15, 0.2) is 12.2 Å². The highest BCUT2D eigenvalue weighted by atomic mass is 16.7. The molecule has 1 amide bonds. The molecule has 34 heavy (non-hydrogen) atoms. The van der Waals surface area contributed by atoms with Crippen LogP contribution in [0.4, 0.5) is 4.79 Å². The van der Waals surface area contributed by atoms with Gasteiger partial charge in [0, 0.05) is 27.7 Å². The van der Waals surface area contributed by atoms with Crippen molar-refractivity contribution in [1.29, 1.82) is 0 Å². The topological polar surface area (TPSA) is 153 Å². The Labute approximate surface area is 195 Å². The minimum atomic E-state index is -1.49. The summed E-state index contributed by atoms with van der Waals surface area (Å²) in [6, 6.07) is 7.51. The summed E-state index contributed by atoms with van der Waals surface area (Å²) >= 11 is 0. The second kappa shape index (κ2) is 12.5. The van der Waals surface area contributed by atoms with Gasteiger partial charge in [-0.3, -0.25) is 19.2 Å². The predicted molar refractivity (Wildman–Crippen MR) is 112 cm³/mol. The number of benzene rings is 1. The molecule has 0 aromatic heterocycles. The summed E-state index contributed by atoms with van der Waals surface area (Å²) in [4.78, 5) is 59.1. The highest BCUT2D eigenvalue weighted by Gasteiger charge is 2.52. The third-order valence-corrected chi connectivity index (χ3v) is 4.48. The molecule has 0 aliphatic carbocycles. The van der Waals surface area contributed by atoms with Crippen LogP contribution in [0, 0.1) is 0 Å². The summed E-state index contributed by atoms with van der Waals surface area (Å²) in [5.74, 6) is -2.95. The van der Waals surface area contributed by atoms with Crippen LogP contribution in [0.25, 0.3) is 0 Å². The fourth-order valence-electron chi connectivity index (χ4n) is 3.22. The Bertz CT molecular complexity index is 888. The van der Waals surface area contributed by atoms with E-state index in [-0.39, 0.29) is 6.61 Å². The first kappa shape index (κ1) is 26.6. The zero-order valence-corrected chi connectivity index (χ0v) is 19.2. The van der Waals surface area contributed by atoms with Crippen molar-refractivity contribution in [2.45, 2.75) is 64.9 Å². The Morgan fingerprint density at radius 1 is 0.794 bits per heavy atom. The van der Waals surface area contributed by atoms with Gasteiger partial charge in [0.1, 0.15) is 25.4 Å². The molecule has 1 aliphatic heterocycles. The smallest absolute Gasteiger partial charge is 0.408 e. The van der Waals surface area contributed by atoms with E-state index in [1.165, 1.54) is 0 Å². The van der Waals surface area contributed by atoms with Crippen molar-refractivity contribution in [1.82, 2.24) is 5.32 Å². The first-order valence-electron chi connectivity index (χ1n) is 10.3. The van der Waals surface area contributed by atoms with Gasteiger partial charge in [-0.15, -0.1) is 0 Å². The molecule has 0 saturated carbocycles. The summed E-state index contributed by atoms with van der Waals surface area (Å²) in [6.45, 7) is 4.00. The van der Waals surface area contributed by atoms with Gasteiger partial charge in [-0.05, 0) is 5.56 Å². The van der Waals surface area contributed by atoms with Gasteiger partial charge in [0.25, 0.3) is 0 Å². The molecule has 12 nitrogen and oxygen atoms in total. The number of hydrogen-bond acceptors (Lipinski definition) is 11. The van der Waals surface area contributed by atoms with E-state index in [2.05, 4.69) is 5.32 Å². The van der Waals surface area contributed by atoms with Crippen molar-refractivity contribution in [2.24, 2.45) is 0 Å². The van der Waals surface area contributed by atoms with Crippen LogP contribution in [-0.2, 0) is 54.2 Å². The predicted octanol–water partition coefficient (Wildman–Crippen LogP) is 0.996. The lowest BCUT2D eigenvalue weighted by molar-refractivity contribution is -0.270. The van der Waals surface area contributed by atoms with Crippen molar-refractivity contribution in [3.63, 3.8) is 0 Å². The van der Waals surface area contributed by atoms with E-state index in [0.717, 1.165) is 27.7 Å². The quantitative estimate of drug-likeness (QED) is 0.418. The molecule has 12 heteroatoms. The third-order valence-electron chi connectivity index (χ3n) is 4.48. The zero-order valence-electron chi connectivity index (χ0n) is 19.2. The Balaban J connectivity index is 2.30. The molecule has 1 aliphatic rings. The highest BCUT2D eigenvalue weighted by Crippen LogP contribution is 2.28. The van der Waals surface area contributed by atoms with E-state index in [0.29, 0.717) is 5.56 Å². The minimum absolute atomic E-state index is 0.0703. The van der Waals surface area contributed by atoms with Crippen LogP contribution < -0.4 is 5.32 Å². The van der Waals surface area contributed by atoms with Crippen LogP contribution in [0.5, 0.6) is 0 Å². The lowest BCUT2D eigenvalue weighted by atomic mass is 9.96. The van der Waals surface area contributed by atoms with Crippen LogP contribution in [0.2, 0.25) is 0 Å². The molecule has 1 saturated heterocycles. The molecular formula is C22H27NO11. The number of rotatable bonds is 8. The summed E-state index contributed by atoms with van der Waals surface area (Å²) in [5, 5.41) is 2.45. The van der Waals surface area contributed by atoms with E-state index in [1.54, 1.807) is 30.3 Å². The fraction of sp³-hybridized carbons (Fsp3) is 0.500. The Morgan fingerprint density at radius 2 is 1.38 bits per heavy atom. The van der Waals surface area contributed by atoms with Gasteiger partial charge in [-0.25, -0.2) is 4.79 Å². The first-order chi connectivity index (χ1) is 16.1. The number of carbonyl (C=O) groups excluding carboxylic acids is 5. The summed E-state index contributed by atoms with van der Waals surface area (Å²) in [5.41, 5.74) is 0.713. The molecule has 1 heterocycles. The zero-order chi connectivity index (χ0) is 25.3. The van der Waals surface area contributed by atoms with E-state index >= 15 is 0 Å². The molecule has 0 unspecified atom stereocenters. The molecule has 186 valence electrons. The van der Waals surface area contributed by atoms with Gasteiger partial charge < -0.3 is 33.7 Å². The van der Waals surface area contributed by atoms with Crippen molar-refractivity contribution >= 4 is 30.0 Å². The third kappa shape index (κ3) is 8.35. The van der Waals surface area contributed by atoms with Gasteiger partial charge in [0.05, 0.1) is 0 Å². The van der Waals surface area contributed by atoms with Crippen LogP contribution in [-0.4, -0.2) is 67.2 Å². The standard InChI is InChI=1S/C22H27NO11/c1-12(24)29-11-17-19(31-13(2)25)20(32-14(3)26)18(21(34-17)33-15(4)27)23-22(28)30-10-16-8-6-5-7-9-16/h5-9,17-21H,10-11H2,1-4H3,(H,23,28)/t17-,18+,19-,20-,21-/m1/s1. The monoisotopic (exact) mass is 481 g/mol. The number of carbonyl (C=O) groups is 5. The Morgan fingerprint density at radius 3 is 1.94 bits per heavy atom. The van der Waals surface area contributed by atoms with Gasteiger partial charge in [-0.1, -0.05) is 30.3 Å². The van der Waals surface area contributed by atoms with E-state index < -0.39 is 67.2 Å². The number of ether oxygens (including phenoxy) is 6. The SMILES string of the molecule is CC(=O)OC[C@H]1O[C@@H](OC(C)=O)[C@@H](NC(=O)OCc2ccccc2)[C@@H](OC(C)=O)[C@@H]1OC(C)=O. The Hall–Kier alpha value is -3.67. The number of amides is 1. The summed E-state index contributed by atoms with van der Waals surface area (Å²) in [7, 11) is 0. The molecule has 5 atom stereocenters. The average Bonchev–Trinajstić information content (AvgIpc) is 2.74. The van der Waals surface area contributed by atoms with Crippen molar-refractivity contribution < 1.29 is 52.4 Å². The van der Waals surface area contributed by atoms with Gasteiger partial charge >= 0.3 is 30.0 Å². The van der Waals surface area contributed by atoms with E-state index in [9.17, 15) is 24.0 Å². The van der Waals surface area contributed by atoms with Crippen LogP contribution in [0.15, 0.2) is 30.3 Å². The Kier molecular flexibility index (Phi) is 9.80. The first-order valence-corrected chi connectivity index (χ1v) is 10.3. The largest absolute Gasteiger partial charge is 0.463 e. The van der Waals surface area contributed by atoms with Crippen molar-refractivity contribution in [3.05, 3.63) is 35.9 Å². The number of nitrogens with one attached hydrogen (secondary N) is 1. The number of alkyl carbamates (subject to hydrolysis) is 1. The fourth-order valence-corrected chi connectivity index (χ4v) is 3.22. The molecule has 1 fully saturated rings. The lowest BCUT2D eigenvalue weighted by Gasteiger charge is -2.44. The average molecular weight is 481 g/mol. The lowest BCUT2D eigenvalue weighted by Crippen LogP contribution is -2.67. The van der Waals surface area contributed by atoms with Crippen LogP contribution >= 0.6 is 0 Å². The normalized spacial score (nSPS) is 23.7. The molecule has 0 radical (unpaired) electrons. The van der Waals surface area contributed by atoms with Crippen molar-refractivity contribution in [3.8, 4) is 0 Å². The maximum atomic E-state index is 12.5. The molecule has 1 aromatic carbocycles. The second-order valence-electron chi connectivity index (χ2n) is 7.33. The second-order valence-corrected chi connectivity index (χ2v) is 7.33. The van der Waals surface area contributed by atoms with E-state index in [4.69, 9.17) is 28.4 Å². The highest BCUT2D eigenvalue weighted by molar-refractivity contribution is 5.70. The van der Waals surface area contributed by atoms with E-state index in [1.807, 2.05) is 0 Å². The van der Waals surface area contributed by atoms with Gasteiger partial charge in [-0.2, -0.15) is 0 Å². The number of esters is 4. The summed E-state index contributed by atoms with van der Waals surface area (Å²) < 4.78 is 31.6. The molecule has 1 N–H and O–H groups in total. The van der Waals surface area contributed by atoms with Crippen LogP contribution in [0.1, 0.15) is 33.3 Å². The molecular weight excluding hydrogens is 454 g/mol. The van der Waals surface area contributed by atoms with Crippen LogP contribution in [0.3, 0.4) is 0 Å². The number of hydrogen-bond donors (Lipinski definition) is 1. The maximum absolute atomic E-state index is 12.5. The van der Waals surface area contributed by atoms with Gasteiger partial charge in [0.2, 0.25) is 6.29 Å². The molecule has 1 aromatic rings. The van der Waals surface area contributed by atoms with Crippen molar-refractivity contribution in [2.75, 3.05) is 6.61 Å². The molecule has 2 rings (SSSR count).